The Morgan fingerprint density at radius 1 is 1.14 bits per heavy atom. The van der Waals surface area contributed by atoms with Gasteiger partial charge >= 0.3 is 0 Å². The van der Waals surface area contributed by atoms with Gasteiger partial charge in [-0.25, -0.2) is 5.06 Å². The third-order valence-electron chi connectivity index (χ3n) is 2.27. The van der Waals surface area contributed by atoms with E-state index in [4.69, 9.17) is 0 Å². The van der Waals surface area contributed by atoms with Gasteiger partial charge < -0.3 is 0 Å². The Labute approximate surface area is 83.7 Å². The van der Waals surface area contributed by atoms with Crippen LogP contribution in [0.1, 0.15) is 6.42 Å². The first-order chi connectivity index (χ1) is 6.88. The van der Waals surface area contributed by atoms with E-state index in [0.717, 1.165) is 17.2 Å². The summed E-state index contributed by atoms with van der Waals surface area (Å²) in [6.07, 6.45) is 8.62. The summed E-state index contributed by atoms with van der Waals surface area (Å²) in [7, 11) is 0. The van der Waals surface area contributed by atoms with E-state index in [1.807, 2.05) is 54.6 Å². The molecule has 0 heterocycles. The van der Waals surface area contributed by atoms with Crippen LogP contribution in [0.15, 0.2) is 54.6 Å². The van der Waals surface area contributed by atoms with E-state index in [-0.39, 0.29) is 6.04 Å². The summed E-state index contributed by atoms with van der Waals surface area (Å²) >= 11 is 0. The van der Waals surface area contributed by atoms with E-state index in [1.165, 1.54) is 0 Å². The van der Waals surface area contributed by atoms with Gasteiger partial charge in [0.1, 0.15) is 0 Å². The Bertz CT molecular complexity index is 343. The molecule has 0 aromatic heterocycles. The minimum absolute atomic E-state index is 0.0533. The molecular formula is C12H12NO. The Morgan fingerprint density at radius 3 is 2.57 bits per heavy atom. The van der Waals surface area contributed by atoms with Crippen molar-refractivity contribution in [2.75, 3.05) is 5.06 Å². The Hall–Kier alpha value is -1.54. The third-order valence-corrected chi connectivity index (χ3v) is 2.27. The molecule has 1 radical (unpaired) electrons. The van der Waals surface area contributed by atoms with Gasteiger partial charge in [-0.3, -0.25) is 0 Å². The summed E-state index contributed by atoms with van der Waals surface area (Å²) < 4.78 is 0. The number of nitrogens with zero attached hydrogens (tertiary/aromatic N) is 1. The topological polar surface area (TPSA) is 23.1 Å². The maximum atomic E-state index is 11.8. The lowest BCUT2D eigenvalue weighted by molar-refractivity contribution is 0.141. The predicted octanol–water partition coefficient (Wildman–Crippen LogP) is 2.72. The van der Waals surface area contributed by atoms with Crippen molar-refractivity contribution in [3.63, 3.8) is 0 Å². The average molecular weight is 186 g/mol. The first kappa shape index (κ1) is 9.03. The molecule has 0 aliphatic heterocycles. The summed E-state index contributed by atoms with van der Waals surface area (Å²) in [5.74, 6) is 0. The van der Waals surface area contributed by atoms with E-state index in [0.29, 0.717) is 0 Å². The molecule has 1 aliphatic carbocycles. The van der Waals surface area contributed by atoms with Crippen LogP contribution in [0.4, 0.5) is 5.69 Å². The molecule has 2 rings (SSSR count). The van der Waals surface area contributed by atoms with Crippen LogP contribution < -0.4 is 5.06 Å². The number of hydrogen-bond acceptors (Lipinski definition) is 1. The second-order valence-corrected chi connectivity index (χ2v) is 3.28. The van der Waals surface area contributed by atoms with Crippen LogP contribution in [-0.4, -0.2) is 6.04 Å². The zero-order chi connectivity index (χ0) is 9.80. The number of benzene rings is 1. The lowest BCUT2D eigenvalue weighted by atomic mass is 10.1. The van der Waals surface area contributed by atoms with Crippen molar-refractivity contribution in [3.05, 3.63) is 54.6 Å². The smallest absolute Gasteiger partial charge is 0.0814 e. The molecule has 1 unspecified atom stereocenters. The molecule has 1 aromatic rings. The molecule has 1 aliphatic rings. The van der Waals surface area contributed by atoms with Crippen molar-refractivity contribution < 1.29 is 5.21 Å². The number of anilines is 1. The van der Waals surface area contributed by atoms with E-state index in [1.54, 1.807) is 0 Å². The van der Waals surface area contributed by atoms with Crippen molar-refractivity contribution in [3.8, 4) is 0 Å². The molecule has 0 fully saturated rings. The molecule has 2 heteroatoms. The van der Waals surface area contributed by atoms with Crippen LogP contribution in [0.2, 0.25) is 0 Å². The van der Waals surface area contributed by atoms with Crippen LogP contribution in [0.25, 0.3) is 0 Å². The van der Waals surface area contributed by atoms with Crippen molar-refractivity contribution in [2.24, 2.45) is 0 Å². The first-order valence-corrected chi connectivity index (χ1v) is 4.72. The number of hydroxylamine groups is 1. The summed E-state index contributed by atoms with van der Waals surface area (Å²) in [6, 6.07) is 9.28. The molecule has 1 atom stereocenters. The lowest BCUT2D eigenvalue weighted by Gasteiger charge is -2.22. The zero-order valence-corrected chi connectivity index (χ0v) is 7.84. The molecule has 1 aromatic carbocycles. The van der Waals surface area contributed by atoms with Crippen molar-refractivity contribution in [1.82, 2.24) is 0 Å². The highest BCUT2D eigenvalue weighted by atomic mass is 16.5. The number of rotatable bonds is 2. The van der Waals surface area contributed by atoms with Gasteiger partial charge in [0.2, 0.25) is 0 Å². The molecule has 0 spiro atoms. The molecule has 0 bridgehead atoms. The molecule has 2 nitrogen and oxygen atoms in total. The molecule has 0 saturated carbocycles. The molecule has 0 saturated heterocycles. The van der Waals surface area contributed by atoms with Crippen molar-refractivity contribution in [2.45, 2.75) is 12.5 Å². The Morgan fingerprint density at radius 2 is 1.93 bits per heavy atom. The summed E-state index contributed by atoms with van der Waals surface area (Å²) in [6.45, 7) is 0. The van der Waals surface area contributed by atoms with Crippen molar-refractivity contribution in [1.29, 1.82) is 0 Å². The fourth-order valence-electron chi connectivity index (χ4n) is 1.51. The maximum absolute atomic E-state index is 11.8. The van der Waals surface area contributed by atoms with Gasteiger partial charge in [-0.05, 0) is 18.6 Å². The predicted molar refractivity (Wildman–Crippen MR) is 56.3 cm³/mol. The lowest BCUT2D eigenvalue weighted by Crippen LogP contribution is -2.29. The SMILES string of the molecule is [O]N(c1ccccc1)C1C=CC=CC1. The van der Waals surface area contributed by atoms with Gasteiger partial charge in [0.15, 0.2) is 0 Å². The van der Waals surface area contributed by atoms with Gasteiger partial charge in [0.05, 0.1) is 11.7 Å². The minimum atomic E-state index is -0.0533. The third kappa shape index (κ3) is 1.86. The van der Waals surface area contributed by atoms with E-state index < -0.39 is 0 Å². The van der Waals surface area contributed by atoms with E-state index >= 15 is 0 Å². The number of allylic oxidation sites excluding steroid dienone is 2. The van der Waals surface area contributed by atoms with Crippen LogP contribution in [-0.2, 0) is 5.21 Å². The second-order valence-electron chi connectivity index (χ2n) is 3.28. The largest absolute Gasteiger partial charge is 0.213 e. The molecular weight excluding hydrogens is 174 g/mol. The fraction of sp³-hybridized carbons (Fsp3) is 0.167. The quantitative estimate of drug-likeness (QED) is 0.651. The highest BCUT2D eigenvalue weighted by Gasteiger charge is 2.15. The Kier molecular flexibility index (Phi) is 2.65. The highest BCUT2D eigenvalue weighted by Crippen LogP contribution is 2.18. The summed E-state index contributed by atoms with van der Waals surface area (Å²) in [4.78, 5) is 0. The van der Waals surface area contributed by atoms with Crippen molar-refractivity contribution >= 4 is 5.69 Å². The normalized spacial score (nSPS) is 19.6. The number of para-hydroxylation sites is 1. The highest BCUT2D eigenvalue weighted by molar-refractivity contribution is 5.45. The molecule has 0 N–H and O–H groups in total. The first-order valence-electron chi connectivity index (χ1n) is 4.72. The summed E-state index contributed by atoms with van der Waals surface area (Å²) in [5, 5.41) is 12.9. The van der Waals surface area contributed by atoms with Crippen LogP contribution in [0.3, 0.4) is 0 Å². The van der Waals surface area contributed by atoms with E-state index in [9.17, 15) is 5.21 Å². The van der Waals surface area contributed by atoms with Gasteiger partial charge in [-0.1, -0.05) is 47.7 Å². The molecule has 71 valence electrons. The van der Waals surface area contributed by atoms with Crippen LogP contribution in [0.5, 0.6) is 0 Å². The van der Waals surface area contributed by atoms with Gasteiger partial charge in [-0.15, -0.1) is 0 Å². The van der Waals surface area contributed by atoms with Gasteiger partial charge in [-0.2, -0.15) is 0 Å². The zero-order valence-electron chi connectivity index (χ0n) is 7.84. The van der Waals surface area contributed by atoms with Gasteiger partial charge in [0, 0.05) is 0 Å². The van der Waals surface area contributed by atoms with Crippen LogP contribution >= 0.6 is 0 Å². The fourth-order valence-corrected chi connectivity index (χ4v) is 1.51. The minimum Gasteiger partial charge on any atom is -0.213 e. The molecule has 0 amide bonds. The van der Waals surface area contributed by atoms with E-state index in [2.05, 4.69) is 0 Å². The van der Waals surface area contributed by atoms with Crippen LogP contribution in [0, 0.1) is 0 Å². The average Bonchev–Trinajstić information content (AvgIpc) is 2.30. The Balaban J connectivity index is 2.12. The second kappa shape index (κ2) is 4.11. The maximum Gasteiger partial charge on any atom is 0.0814 e. The standard InChI is InChI=1S/C12H12NO/c14-13(11-7-3-1-4-8-11)12-9-5-2-6-10-12/h1-9,12H,10H2. The van der Waals surface area contributed by atoms with Gasteiger partial charge in [0.25, 0.3) is 0 Å². The number of hydrogen-bond donors (Lipinski definition) is 0. The monoisotopic (exact) mass is 186 g/mol. The molecule has 14 heavy (non-hydrogen) atoms. The summed E-state index contributed by atoms with van der Waals surface area (Å²) in [5.41, 5.74) is 0.720.